The first-order valence-electron chi connectivity index (χ1n) is 11.3. The average molecular weight is 469 g/mol. The summed E-state index contributed by atoms with van der Waals surface area (Å²) in [5, 5.41) is 12.6. The van der Waals surface area contributed by atoms with Crippen molar-refractivity contribution in [1.29, 1.82) is 0 Å². The number of nitrogens with zero attached hydrogens (tertiary/aromatic N) is 6. The summed E-state index contributed by atoms with van der Waals surface area (Å²) in [6.45, 7) is 4.48. The van der Waals surface area contributed by atoms with Crippen LogP contribution in [0.25, 0.3) is 0 Å². The number of ether oxygens (including phenoxy) is 4. The van der Waals surface area contributed by atoms with Crippen LogP contribution in [0.2, 0.25) is 0 Å². The molecule has 1 aliphatic heterocycles. The smallest absolute Gasteiger partial charge is 0.173 e. The molecule has 0 unspecified atom stereocenters. The molecule has 2 heterocycles. The summed E-state index contributed by atoms with van der Waals surface area (Å²) >= 11 is 0. The van der Waals surface area contributed by atoms with Crippen LogP contribution in [0.4, 0.5) is 5.69 Å². The fourth-order valence-electron chi connectivity index (χ4n) is 4.40. The number of aromatic nitrogens is 4. The highest BCUT2D eigenvalue weighted by Crippen LogP contribution is 2.40. The molecular weight excluding hydrogens is 436 g/mol. The van der Waals surface area contributed by atoms with Crippen LogP contribution >= 0.6 is 0 Å². The van der Waals surface area contributed by atoms with Gasteiger partial charge in [-0.05, 0) is 40.8 Å². The first-order chi connectivity index (χ1) is 16.7. The Morgan fingerprint density at radius 3 is 2.29 bits per heavy atom. The third kappa shape index (κ3) is 4.92. The normalized spacial score (nSPS) is 15.2. The molecule has 1 saturated heterocycles. The molecule has 1 atom stereocenters. The lowest BCUT2D eigenvalue weighted by molar-refractivity contribution is 0.170. The molecule has 2 aromatic carbocycles. The first kappa shape index (κ1) is 23.8. The summed E-state index contributed by atoms with van der Waals surface area (Å²) in [7, 11) is 6.66. The van der Waals surface area contributed by atoms with E-state index in [0.717, 1.165) is 43.3 Å². The van der Waals surface area contributed by atoms with Crippen LogP contribution in [0.5, 0.6) is 17.2 Å². The van der Waals surface area contributed by atoms with Crippen LogP contribution in [0, 0.1) is 0 Å². The van der Waals surface area contributed by atoms with Crippen molar-refractivity contribution in [3.8, 4) is 17.2 Å². The lowest BCUT2D eigenvalue weighted by Crippen LogP contribution is -2.48. The topological polar surface area (TPSA) is 87.0 Å². The zero-order valence-corrected chi connectivity index (χ0v) is 20.2. The summed E-state index contributed by atoms with van der Waals surface area (Å²) in [6.07, 6.45) is 0. The molecule has 0 saturated carbocycles. The van der Waals surface area contributed by atoms with Gasteiger partial charge in [0.2, 0.25) is 0 Å². The summed E-state index contributed by atoms with van der Waals surface area (Å²) in [5.74, 6) is 2.98. The monoisotopic (exact) mass is 468 g/mol. The Balaban J connectivity index is 1.64. The van der Waals surface area contributed by atoms with Gasteiger partial charge >= 0.3 is 0 Å². The Morgan fingerprint density at radius 2 is 1.65 bits per heavy atom. The highest BCUT2D eigenvalue weighted by molar-refractivity contribution is 5.51. The fourth-order valence-corrected chi connectivity index (χ4v) is 4.40. The van der Waals surface area contributed by atoms with E-state index in [4.69, 9.17) is 18.9 Å². The van der Waals surface area contributed by atoms with E-state index in [-0.39, 0.29) is 6.04 Å². The van der Waals surface area contributed by atoms with Crippen molar-refractivity contribution in [3.05, 3.63) is 53.9 Å². The van der Waals surface area contributed by atoms with Gasteiger partial charge in [0.1, 0.15) is 11.8 Å². The number of benzene rings is 2. The number of piperazine rings is 1. The Bertz CT molecular complexity index is 1050. The molecular formula is C24H32N6O4. The van der Waals surface area contributed by atoms with Gasteiger partial charge in [0, 0.05) is 44.5 Å². The van der Waals surface area contributed by atoms with Gasteiger partial charge in [-0.3, -0.25) is 4.90 Å². The SMILES string of the molecule is COCCn1nnnc1[C@H](c1cccc(OC)c1OC)N1CCN(c2ccc(OC)cc2)CC1. The van der Waals surface area contributed by atoms with Gasteiger partial charge in [0.25, 0.3) is 0 Å². The van der Waals surface area contributed by atoms with Crippen molar-refractivity contribution in [1.82, 2.24) is 25.1 Å². The predicted octanol–water partition coefficient (Wildman–Crippen LogP) is 2.26. The summed E-state index contributed by atoms with van der Waals surface area (Å²) in [6, 6.07) is 13.9. The maximum Gasteiger partial charge on any atom is 0.173 e. The average Bonchev–Trinajstić information content (AvgIpc) is 3.35. The highest BCUT2D eigenvalue weighted by Gasteiger charge is 2.33. The second-order valence-corrected chi connectivity index (χ2v) is 7.96. The van der Waals surface area contributed by atoms with Crippen molar-refractivity contribution >= 4 is 5.69 Å². The van der Waals surface area contributed by atoms with Crippen LogP contribution in [0.1, 0.15) is 17.4 Å². The molecule has 0 spiro atoms. The number of rotatable bonds is 10. The Kier molecular flexibility index (Phi) is 7.81. The van der Waals surface area contributed by atoms with E-state index in [9.17, 15) is 0 Å². The van der Waals surface area contributed by atoms with Gasteiger partial charge in [-0.25, -0.2) is 4.68 Å². The number of anilines is 1. The van der Waals surface area contributed by atoms with E-state index >= 15 is 0 Å². The summed E-state index contributed by atoms with van der Waals surface area (Å²) in [4.78, 5) is 4.77. The van der Waals surface area contributed by atoms with Crippen molar-refractivity contribution in [3.63, 3.8) is 0 Å². The molecule has 10 nitrogen and oxygen atoms in total. The number of hydrogen-bond donors (Lipinski definition) is 0. The molecule has 0 radical (unpaired) electrons. The van der Waals surface area contributed by atoms with E-state index in [0.29, 0.717) is 24.7 Å². The van der Waals surface area contributed by atoms with Crippen LogP contribution in [-0.4, -0.2) is 86.3 Å². The standard InChI is InChI=1S/C24H32N6O4/c1-31-17-16-30-24(25-26-27-30)22(20-6-5-7-21(33-3)23(20)34-4)29-14-12-28(13-15-29)18-8-10-19(32-2)11-9-18/h5-11,22H,12-17H2,1-4H3/t22-/m0/s1. The Labute approximate surface area is 200 Å². The van der Waals surface area contributed by atoms with Crippen LogP contribution in [0.15, 0.2) is 42.5 Å². The molecule has 3 aromatic rings. The number of hydrogen-bond acceptors (Lipinski definition) is 9. The van der Waals surface area contributed by atoms with E-state index in [1.807, 2.05) is 28.9 Å². The van der Waals surface area contributed by atoms with Crippen LogP contribution in [-0.2, 0) is 11.3 Å². The minimum absolute atomic E-state index is 0.199. The van der Waals surface area contributed by atoms with Crippen molar-refractivity contribution in [2.24, 2.45) is 0 Å². The van der Waals surface area contributed by atoms with Crippen molar-refractivity contribution in [2.45, 2.75) is 12.6 Å². The van der Waals surface area contributed by atoms with Crippen molar-refractivity contribution < 1.29 is 18.9 Å². The third-order valence-corrected chi connectivity index (χ3v) is 6.16. The fraction of sp³-hybridized carbons (Fsp3) is 0.458. The molecule has 0 aliphatic carbocycles. The Hall–Kier alpha value is -3.37. The summed E-state index contributed by atoms with van der Waals surface area (Å²) < 4.78 is 23.8. The largest absolute Gasteiger partial charge is 0.497 e. The van der Waals surface area contributed by atoms with Crippen LogP contribution < -0.4 is 19.1 Å². The summed E-state index contributed by atoms with van der Waals surface area (Å²) in [5.41, 5.74) is 2.15. The van der Waals surface area contributed by atoms with Gasteiger partial charge < -0.3 is 23.8 Å². The maximum absolute atomic E-state index is 5.79. The molecule has 0 bridgehead atoms. The zero-order chi connectivity index (χ0) is 23.9. The van der Waals surface area contributed by atoms with E-state index in [2.05, 4.69) is 43.5 Å². The van der Waals surface area contributed by atoms with Gasteiger partial charge in [-0.1, -0.05) is 12.1 Å². The van der Waals surface area contributed by atoms with Gasteiger partial charge in [-0.15, -0.1) is 5.10 Å². The van der Waals surface area contributed by atoms with E-state index in [1.165, 1.54) is 5.69 Å². The second kappa shape index (κ2) is 11.2. The zero-order valence-electron chi connectivity index (χ0n) is 20.2. The van der Waals surface area contributed by atoms with Gasteiger partial charge in [-0.2, -0.15) is 0 Å². The Morgan fingerprint density at radius 1 is 0.882 bits per heavy atom. The van der Waals surface area contributed by atoms with Gasteiger partial charge in [0.15, 0.2) is 17.3 Å². The minimum Gasteiger partial charge on any atom is -0.497 e. The number of methoxy groups -OCH3 is 4. The predicted molar refractivity (Wildman–Crippen MR) is 128 cm³/mol. The van der Waals surface area contributed by atoms with Crippen LogP contribution in [0.3, 0.4) is 0 Å². The lowest BCUT2D eigenvalue weighted by Gasteiger charge is -2.40. The van der Waals surface area contributed by atoms with Crippen molar-refractivity contribution in [2.75, 3.05) is 66.1 Å². The molecule has 182 valence electrons. The number of para-hydroxylation sites is 1. The molecule has 34 heavy (non-hydrogen) atoms. The minimum atomic E-state index is -0.199. The molecule has 1 aromatic heterocycles. The molecule has 10 heteroatoms. The molecule has 0 N–H and O–H groups in total. The molecule has 1 aliphatic rings. The quantitative estimate of drug-likeness (QED) is 0.445. The van der Waals surface area contributed by atoms with Gasteiger partial charge in [0.05, 0.1) is 34.5 Å². The van der Waals surface area contributed by atoms with E-state index < -0.39 is 0 Å². The molecule has 0 amide bonds. The first-order valence-corrected chi connectivity index (χ1v) is 11.3. The number of tetrazole rings is 1. The molecule has 1 fully saturated rings. The van der Waals surface area contributed by atoms with E-state index in [1.54, 1.807) is 28.4 Å². The maximum atomic E-state index is 5.79. The second-order valence-electron chi connectivity index (χ2n) is 7.96. The molecule has 4 rings (SSSR count). The highest BCUT2D eigenvalue weighted by atomic mass is 16.5. The lowest BCUT2D eigenvalue weighted by atomic mass is 10.0. The third-order valence-electron chi connectivity index (χ3n) is 6.16.